The molecular formula is C20H18F2N2O3S. The Balaban J connectivity index is 2.17. The highest BCUT2D eigenvalue weighted by atomic mass is 32.2. The molecule has 28 heavy (non-hydrogen) atoms. The molecule has 0 bridgehead atoms. The van der Waals surface area contributed by atoms with Gasteiger partial charge in [0.05, 0.1) is 16.5 Å². The fourth-order valence-electron chi connectivity index (χ4n) is 3.83. The van der Waals surface area contributed by atoms with Crippen LogP contribution in [-0.4, -0.2) is 14.3 Å². The molecule has 3 rings (SSSR count). The highest BCUT2D eigenvalue weighted by molar-refractivity contribution is 7.92. The predicted molar refractivity (Wildman–Crippen MR) is 97.5 cm³/mol. The molecule has 2 aromatic carbocycles. The third kappa shape index (κ3) is 3.27. The Morgan fingerprint density at radius 1 is 1.11 bits per heavy atom. The summed E-state index contributed by atoms with van der Waals surface area (Å²) in [5, 5.41) is 8.92. The van der Waals surface area contributed by atoms with Crippen molar-refractivity contribution in [1.82, 2.24) is 0 Å². The van der Waals surface area contributed by atoms with Gasteiger partial charge >= 0.3 is 0 Å². The van der Waals surface area contributed by atoms with Gasteiger partial charge in [0.2, 0.25) is 5.91 Å². The lowest BCUT2D eigenvalue weighted by molar-refractivity contribution is -0.122. The van der Waals surface area contributed by atoms with Gasteiger partial charge in [0.1, 0.15) is 16.4 Å². The van der Waals surface area contributed by atoms with E-state index < -0.39 is 38.0 Å². The zero-order valence-electron chi connectivity index (χ0n) is 14.9. The number of primary amides is 1. The Labute approximate surface area is 161 Å². The number of carbonyl (C=O) groups is 1. The first-order chi connectivity index (χ1) is 13.2. The second-order valence-corrected chi connectivity index (χ2v) is 9.19. The highest BCUT2D eigenvalue weighted by Gasteiger charge is 2.50. The summed E-state index contributed by atoms with van der Waals surface area (Å²) in [6, 6.07) is 9.93. The molecule has 0 atom stereocenters. The second-order valence-electron chi connectivity index (χ2n) is 6.93. The minimum absolute atomic E-state index is 0.0662. The molecule has 0 heterocycles. The van der Waals surface area contributed by atoms with Crippen LogP contribution in [0.2, 0.25) is 0 Å². The molecule has 2 N–H and O–H groups in total. The van der Waals surface area contributed by atoms with Crippen molar-refractivity contribution < 1.29 is 22.0 Å². The van der Waals surface area contributed by atoms with E-state index in [1.807, 2.05) is 6.07 Å². The van der Waals surface area contributed by atoms with Crippen LogP contribution in [0.5, 0.6) is 0 Å². The van der Waals surface area contributed by atoms with Gasteiger partial charge in [0.25, 0.3) is 0 Å². The van der Waals surface area contributed by atoms with Crippen LogP contribution in [0.15, 0.2) is 47.4 Å². The van der Waals surface area contributed by atoms with Crippen molar-refractivity contribution in [3.8, 4) is 6.07 Å². The standard InChI is InChI=1S/C20H18F2N2O3S/c21-15-3-6-18(22)17(11-15)20(9-7-14(8-10-20)19(24)25)28(26,27)16-4-1-13(12-23)2-5-16/h1-6,11,14H,7-10H2,(H2,24,25). The van der Waals surface area contributed by atoms with E-state index in [0.29, 0.717) is 0 Å². The normalized spacial score (nSPS) is 22.4. The van der Waals surface area contributed by atoms with Gasteiger partial charge in [-0.3, -0.25) is 4.79 Å². The summed E-state index contributed by atoms with van der Waals surface area (Å²) in [5.41, 5.74) is 5.38. The lowest BCUT2D eigenvalue weighted by Gasteiger charge is -2.39. The molecule has 0 aliphatic heterocycles. The highest BCUT2D eigenvalue weighted by Crippen LogP contribution is 2.49. The molecule has 1 aliphatic carbocycles. The maximum Gasteiger partial charge on any atom is 0.220 e. The lowest BCUT2D eigenvalue weighted by Crippen LogP contribution is -2.42. The van der Waals surface area contributed by atoms with Gasteiger partial charge in [-0.15, -0.1) is 0 Å². The minimum Gasteiger partial charge on any atom is -0.369 e. The average molecular weight is 404 g/mol. The Kier molecular flexibility index (Phi) is 5.22. The zero-order valence-corrected chi connectivity index (χ0v) is 15.7. The summed E-state index contributed by atoms with van der Waals surface area (Å²) in [5.74, 6) is -2.62. The van der Waals surface area contributed by atoms with Gasteiger partial charge in [-0.1, -0.05) is 0 Å². The van der Waals surface area contributed by atoms with Crippen LogP contribution in [-0.2, 0) is 19.4 Å². The molecule has 1 amide bonds. The summed E-state index contributed by atoms with van der Waals surface area (Å²) in [6.45, 7) is 0. The SMILES string of the molecule is N#Cc1ccc(S(=O)(=O)C2(c3cc(F)ccc3F)CCC(C(N)=O)CC2)cc1. The Morgan fingerprint density at radius 3 is 2.25 bits per heavy atom. The van der Waals surface area contributed by atoms with Crippen LogP contribution in [0, 0.1) is 28.9 Å². The monoisotopic (exact) mass is 404 g/mol. The van der Waals surface area contributed by atoms with Crippen LogP contribution >= 0.6 is 0 Å². The van der Waals surface area contributed by atoms with Gasteiger partial charge in [0.15, 0.2) is 9.84 Å². The van der Waals surface area contributed by atoms with Gasteiger partial charge in [-0.25, -0.2) is 17.2 Å². The number of amides is 1. The molecule has 2 aromatic rings. The van der Waals surface area contributed by atoms with Crippen molar-refractivity contribution in [2.75, 3.05) is 0 Å². The zero-order chi connectivity index (χ0) is 20.5. The second kappa shape index (κ2) is 7.32. The topological polar surface area (TPSA) is 101 Å². The van der Waals surface area contributed by atoms with E-state index in [9.17, 15) is 22.0 Å². The van der Waals surface area contributed by atoms with Crippen LogP contribution in [0.1, 0.15) is 36.8 Å². The van der Waals surface area contributed by atoms with Crippen molar-refractivity contribution in [2.45, 2.75) is 35.3 Å². The predicted octanol–water partition coefficient (Wildman–Crippen LogP) is 3.18. The van der Waals surface area contributed by atoms with Crippen LogP contribution < -0.4 is 5.73 Å². The van der Waals surface area contributed by atoms with E-state index in [-0.39, 0.29) is 41.7 Å². The largest absolute Gasteiger partial charge is 0.369 e. The summed E-state index contributed by atoms with van der Waals surface area (Å²) in [7, 11) is -4.16. The average Bonchev–Trinajstić information content (AvgIpc) is 2.69. The minimum atomic E-state index is -4.16. The molecule has 146 valence electrons. The fraction of sp³-hybridized carbons (Fsp3) is 0.300. The number of sulfone groups is 1. The number of hydrogen-bond donors (Lipinski definition) is 1. The van der Waals surface area contributed by atoms with Crippen LogP contribution in [0.3, 0.4) is 0 Å². The molecule has 1 aliphatic rings. The van der Waals surface area contributed by atoms with Crippen molar-refractivity contribution >= 4 is 15.7 Å². The number of nitrogens with two attached hydrogens (primary N) is 1. The molecule has 8 heteroatoms. The maximum atomic E-state index is 14.7. The number of nitriles is 1. The molecule has 0 unspecified atom stereocenters. The smallest absolute Gasteiger partial charge is 0.220 e. The number of halogens is 2. The van der Waals surface area contributed by atoms with E-state index in [2.05, 4.69) is 0 Å². The van der Waals surface area contributed by atoms with Gasteiger partial charge in [0, 0.05) is 11.5 Å². The molecule has 5 nitrogen and oxygen atoms in total. The Bertz CT molecular complexity index is 1050. The third-order valence-corrected chi connectivity index (χ3v) is 7.97. The number of rotatable bonds is 4. The number of hydrogen-bond acceptors (Lipinski definition) is 4. The van der Waals surface area contributed by atoms with E-state index in [1.54, 1.807) is 0 Å². The molecule has 0 radical (unpaired) electrons. The molecule has 1 fully saturated rings. The lowest BCUT2D eigenvalue weighted by atomic mass is 9.77. The van der Waals surface area contributed by atoms with E-state index >= 15 is 0 Å². The Morgan fingerprint density at radius 2 is 1.71 bits per heavy atom. The van der Waals surface area contributed by atoms with E-state index in [0.717, 1.165) is 18.2 Å². The third-order valence-electron chi connectivity index (χ3n) is 5.42. The molecule has 1 saturated carbocycles. The number of carbonyl (C=O) groups excluding carboxylic acids is 1. The molecular weight excluding hydrogens is 386 g/mol. The van der Waals surface area contributed by atoms with Crippen molar-refractivity contribution in [2.24, 2.45) is 11.7 Å². The Hall–Kier alpha value is -2.79. The summed E-state index contributed by atoms with van der Waals surface area (Å²) < 4.78 is 53.9. The summed E-state index contributed by atoms with van der Waals surface area (Å²) >= 11 is 0. The summed E-state index contributed by atoms with van der Waals surface area (Å²) in [6.07, 6.45) is 0.175. The van der Waals surface area contributed by atoms with E-state index in [4.69, 9.17) is 11.0 Å². The van der Waals surface area contributed by atoms with Gasteiger partial charge in [-0.05, 0) is 68.1 Å². The number of nitrogens with zero attached hydrogens (tertiary/aromatic N) is 1. The summed E-state index contributed by atoms with van der Waals surface area (Å²) in [4.78, 5) is 11.4. The molecule has 0 spiro atoms. The first-order valence-corrected chi connectivity index (χ1v) is 10.2. The van der Waals surface area contributed by atoms with Crippen molar-refractivity contribution in [1.29, 1.82) is 5.26 Å². The first kappa shape index (κ1) is 20.0. The fourth-order valence-corrected chi connectivity index (χ4v) is 6.00. The van der Waals surface area contributed by atoms with Crippen LogP contribution in [0.4, 0.5) is 8.78 Å². The van der Waals surface area contributed by atoms with Gasteiger partial charge < -0.3 is 5.73 Å². The maximum absolute atomic E-state index is 14.7. The number of benzene rings is 2. The first-order valence-electron chi connectivity index (χ1n) is 8.71. The quantitative estimate of drug-likeness (QED) is 0.846. The van der Waals surface area contributed by atoms with Gasteiger partial charge in [-0.2, -0.15) is 5.26 Å². The molecule has 0 aromatic heterocycles. The van der Waals surface area contributed by atoms with E-state index in [1.165, 1.54) is 24.3 Å². The van der Waals surface area contributed by atoms with Crippen LogP contribution in [0.25, 0.3) is 0 Å². The molecule has 0 saturated heterocycles. The van der Waals surface area contributed by atoms with Crippen molar-refractivity contribution in [3.05, 3.63) is 65.2 Å². The van der Waals surface area contributed by atoms with Crippen molar-refractivity contribution in [3.63, 3.8) is 0 Å².